The van der Waals surface area contributed by atoms with Gasteiger partial charge in [0.15, 0.2) is 0 Å². The van der Waals surface area contributed by atoms with Crippen molar-refractivity contribution in [2.75, 3.05) is 0 Å². The molecule has 6 rings (SSSR count). The lowest BCUT2D eigenvalue weighted by Gasteiger charge is -2.09. The lowest BCUT2D eigenvalue weighted by Crippen LogP contribution is -1.99. The molecule has 0 fully saturated rings. The molecule has 154 valence electrons. The van der Waals surface area contributed by atoms with Crippen LogP contribution in [-0.2, 0) is 0 Å². The van der Waals surface area contributed by atoms with Crippen LogP contribution in [0.1, 0.15) is 5.56 Å². The largest absolute Gasteiger partial charge is 0.292 e. The number of hydrogen-bond donors (Lipinski definition) is 0. The SMILES string of the molecule is N#Cc1ccc(-c2cccc(-c3cccc(-n4c5ccccc5c5ccncc54)n3)n2)cc1. The molecule has 0 aliphatic carbocycles. The Labute approximate surface area is 190 Å². The lowest BCUT2D eigenvalue weighted by atomic mass is 10.1. The van der Waals surface area contributed by atoms with Gasteiger partial charge in [-0.05, 0) is 48.5 Å². The van der Waals surface area contributed by atoms with Crippen LogP contribution in [0.15, 0.2) is 103 Å². The fourth-order valence-corrected chi connectivity index (χ4v) is 4.21. The third kappa shape index (κ3) is 3.22. The van der Waals surface area contributed by atoms with Crippen molar-refractivity contribution in [2.24, 2.45) is 0 Å². The van der Waals surface area contributed by atoms with Crippen LogP contribution < -0.4 is 0 Å². The number of para-hydroxylation sites is 1. The van der Waals surface area contributed by atoms with Gasteiger partial charge in [-0.25, -0.2) is 9.97 Å². The summed E-state index contributed by atoms with van der Waals surface area (Å²) in [6.45, 7) is 0. The first kappa shape index (κ1) is 18.9. The summed E-state index contributed by atoms with van der Waals surface area (Å²) in [7, 11) is 0. The Morgan fingerprint density at radius 2 is 1.36 bits per heavy atom. The number of hydrogen-bond acceptors (Lipinski definition) is 4. The van der Waals surface area contributed by atoms with Crippen LogP contribution in [0.4, 0.5) is 0 Å². The molecule has 0 aliphatic rings. The molecule has 33 heavy (non-hydrogen) atoms. The molecule has 0 radical (unpaired) electrons. The first-order valence-electron chi connectivity index (χ1n) is 10.6. The summed E-state index contributed by atoms with van der Waals surface area (Å²) >= 11 is 0. The van der Waals surface area contributed by atoms with E-state index in [1.165, 1.54) is 5.39 Å². The summed E-state index contributed by atoms with van der Waals surface area (Å²) in [6, 6.07) is 31.8. The highest BCUT2D eigenvalue weighted by Crippen LogP contribution is 2.31. The molecule has 2 aromatic carbocycles. The Hall–Kier alpha value is -4.82. The van der Waals surface area contributed by atoms with Crippen LogP contribution >= 0.6 is 0 Å². The molecule has 5 heteroatoms. The Bertz CT molecular complexity index is 1620. The van der Waals surface area contributed by atoms with E-state index >= 15 is 0 Å². The van der Waals surface area contributed by atoms with Gasteiger partial charge in [0.1, 0.15) is 5.82 Å². The molecular weight excluding hydrogens is 406 g/mol. The molecular formula is C28H17N5. The second-order valence-electron chi connectivity index (χ2n) is 7.72. The minimum atomic E-state index is 0.630. The van der Waals surface area contributed by atoms with Gasteiger partial charge < -0.3 is 0 Å². The van der Waals surface area contributed by atoms with Gasteiger partial charge in [0.25, 0.3) is 0 Å². The van der Waals surface area contributed by atoms with Crippen LogP contribution in [0.2, 0.25) is 0 Å². The summed E-state index contributed by atoms with van der Waals surface area (Å²) in [4.78, 5) is 14.2. The lowest BCUT2D eigenvalue weighted by molar-refractivity contribution is 1.07. The number of fused-ring (bicyclic) bond motifs is 3. The van der Waals surface area contributed by atoms with Crippen LogP contribution in [0, 0.1) is 11.3 Å². The molecule has 4 heterocycles. The highest BCUT2D eigenvalue weighted by Gasteiger charge is 2.13. The van der Waals surface area contributed by atoms with Crippen molar-refractivity contribution in [3.63, 3.8) is 0 Å². The van der Waals surface area contributed by atoms with Gasteiger partial charge in [0, 0.05) is 22.5 Å². The quantitative estimate of drug-likeness (QED) is 0.341. The Balaban J connectivity index is 1.48. The normalized spacial score (nSPS) is 11.0. The summed E-state index contributed by atoms with van der Waals surface area (Å²) in [5.41, 5.74) is 6.11. The summed E-state index contributed by atoms with van der Waals surface area (Å²) in [5, 5.41) is 11.4. The molecule has 0 saturated carbocycles. The fraction of sp³-hybridized carbons (Fsp3) is 0. The number of nitriles is 1. The second-order valence-corrected chi connectivity index (χ2v) is 7.72. The maximum Gasteiger partial charge on any atom is 0.138 e. The van der Waals surface area contributed by atoms with Crippen molar-refractivity contribution in [1.29, 1.82) is 5.26 Å². The number of benzene rings is 2. The number of pyridine rings is 3. The van der Waals surface area contributed by atoms with Gasteiger partial charge in [-0.2, -0.15) is 5.26 Å². The van der Waals surface area contributed by atoms with E-state index in [9.17, 15) is 0 Å². The van der Waals surface area contributed by atoms with Crippen molar-refractivity contribution in [2.45, 2.75) is 0 Å². The first-order chi connectivity index (χ1) is 16.3. The molecule has 0 unspecified atom stereocenters. The van der Waals surface area contributed by atoms with Crippen molar-refractivity contribution >= 4 is 21.8 Å². The Morgan fingerprint density at radius 1 is 0.636 bits per heavy atom. The topological polar surface area (TPSA) is 67.4 Å². The van der Waals surface area contributed by atoms with E-state index in [-0.39, 0.29) is 0 Å². The average molecular weight is 423 g/mol. The molecule has 0 N–H and O–H groups in total. The zero-order chi connectivity index (χ0) is 22.2. The zero-order valence-corrected chi connectivity index (χ0v) is 17.6. The Morgan fingerprint density at radius 3 is 2.21 bits per heavy atom. The highest BCUT2D eigenvalue weighted by atomic mass is 15.1. The van der Waals surface area contributed by atoms with Crippen LogP contribution in [0.25, 0.3) is 50.3 Å². The minimum absolute atomic E-state index is 0.630. The van der Waals surface area contributed by atoms with E-state index in [2.05, 4.69) is 33.8 Å². The maximum absolute atomic E-state index is 9.05. The van der Waals surface area contributed by atoms with Gasteiger partial charge in [-0.15, -0.1) is 0 Å². The van der Waals surface area contributed by atoms with Gasteiger partial charge in [-0.1, -0.05) is 42.5 Å². The third-order valence-electron chi connectivity index (χ3n) is 5.76. The van der Waals surface area contributed by atoms with E-state index in [1.807, 2.05) is 73.1 Å². The standard InChI is InChI=1S/C28H17N5/c29-17-19-11-13-20(14-12-19)23-6-3-7-24(31-23)25-8-4-10-28(32-25)33-26-9-2-1-5-21(26)22-15-16-30-18-27(22)33/h1-16,18H. The molecule has 0 saturated heterocycles. The summed E-state index contributed by atoms with van der Waals surface area (Å²) < 4.78 is 2.14. The molecule has 0 spiro atoms. The number of nitrogens with zero attached hydrogens (tertiary/aromatic N) is 5. The second kappa shape index (κ2) is 7.70. The number of rotatable bonds is 3. The van der Waals surface area contributed by atoms with Crippen LogP contribution in [0.5, 0.6) is 0 Å². The summed E-state index contributed by atoms with van der Waals surface area (Å²) in [6.07, 6.45) is 3.70. The van der Waals surface area contributed by atoms with E-state index in [0.717, 1.165) is 44.9 Å². The molecule has 5 nitrogen and oxygen atoms in total. The molecule has 0 bridgehead atoms. The predicted molar refractivity (Wildman–Crippen MR) is 130 cm³/mol. The molecule has 0 amide bonds. The maximum atomic E-state index is 9.05. The van der Waals surface area contributed by atoms with E-state index in [0.29, 0.717) is 5.56 Å². The van der Waals surface area contributed by atoms with Crippen LogP contribution in [0.3, 0.4) is 0 Å². The summed E-state index contributed by atoms with van der Waals surface area (Å²) in [5.74, 6) is 0.817. The van der Waals surface area contributed by atoms with Crippen LogP contribution in [-0.4, -0.2) is 19.5 Å². The van der Waals surface area contributed by atoms with Gasteiger partial charge in [0.05, 0.1) is 45.9 Å². The molecule has 0 aliphatic heterocycles. The monoisotopic (exact) mass is 423 g/mol. The van der Waals surface area contributed by atoms with Crippen molar-refractivity contribution in [3.05, 3.63) is 109 Å². The molecule has 0 atom stereocenters. The minimum Gasteiger partial charge on any atom is -0.292 e. The third-order valence-corrected chi connectivity index (χ3v) is 5.76. The van der Waals surface area contributed by atoms with Gasteiger partial charge in [-0.3, -0.25) is 9.55 Å². The highest BCUT2D eigenvalue weighted by molar-refractivity contribution is 6.08. The van der Waals surface area contributed by atoms with Crippen molar-refractivity contribution in [3.8, 4) is 34.5 Å². The van der Waals surface area contributed by atoms with E-state index in [1.54, 1.807) is 12.1 Å². The number of aromatic nitrogens is 4. The average Bonchev–Trinajstić information content (AvgIpc) is 3.23. The van der Waals surface area contributed by atoms with Crippen molar-refractivity contribution < 1.29 is 0 Å². The van der Waals surface area contributed by atoms with Gasteiger partial charge in [0.2, 0.25) is 0 Å². The van der Waals surface area contributed by atoms with Gasteiger partial charge >= 0.3 is 0 Å². The molecule has 4 aromatic heterocycles. The smallest absolute Gasteiger partial charge is 0.138 e. The van der Waals surface area contributed by atoms with E-state index < -0.39 is 0 Å². The Kier molecular flexibility index (Phi) is 4.41. The first-order valence-corrected chi connectivity index (χ1v) is 10.6. The zero-order valence-electron chi connectivity index (χ0n) is 17.6. The predicted octanol–water partition coefficient (Wildman–Crippen LogP) is 6.17. The van der Waals surface area contributed by atoms with Crippen molar-refractivity contribution in [1.82, 2.24) is 19.5 Å². The molecule has 6 aromatic rings. The fourth-order valence-electron chi connectivity index (χ4n) is 4.21. The van der Waals surface area contributed by atoms with E-state index in [4.69, 9.17) is 15.2 Å².